The van der Waals surface area contributed by atoms with Gasteiger partial charge in [-0.25, -0.2) is 0 Å². The minimum Gasteiger partial charge on any atom is -0.496 e. The van der Waals surface area contributed by atoms with Crippen molar-refractivity contribution in [2.75, 3.05) is 7.11 Å². The smallest absolute Gasteiger partial charge is 0.420 e. The Labute approximate surface area is 117 Å². The maximum atomic E-state index is 13.5. The summed E-state index contributed by atoms with van der Waals surface area (Å²) in [5.41, 5.74) is 1.51. The monoisotopic (exact) mass is 284 g/mol. The summed E-state index contributed by atoms with van der Waals surface area (Å²) in [5, 5.41) is 0. The Morgan fingerprint density at radius 2 is 1.75 bits per heavy atom. The van der Waals surface area contributed by atoms with E-state index in [1.54, 1.807) is 0 Å². The predicted molar refractivity (Wildman–Crippen MR) is 74.1 cm³/mol. The molecule has 1 aliphatic carbocycles. The Balaban J connectivity index is 2.83. The van der Waals surface area contributed by atoms with Crippen molar-refractivity contribution in [1.82, 2.24) is 0 Å². The SMILES string of the molecule is COc1c(C(C)(C)C)cc2c(c1C(F)(F)F)CC(C)=C2. The van der Waals surface area contributed by atoms with Crippen LogP contribution in [0.25, 0.3) is 6.08 Å². The van der Waals surface area contributed by atoms with E-state index in [1.165, 1.54) is 7.11 Å². The van der Waals surface area contributed by atoms with Crippen molar-refractivity contribution < 1.29 is 17.9 Å². The van der Waals surface area contributed by atoms with Gasteiger partial charge in [-0.1, -0.05) is 32.4 Å². The van der Waals surface area contributed by atoms with Gasteiger partial charge in [-0.3, -0.25) is 0 Å². The van der Waals surface area contributed by atoms with Crippen LogP contribution < -0.4 is 4.74 Å². The maximum absolute atomic E-state index is 13.5. The van der Waals surface area contributed by atoms with E-state index >= 15 is 0 Å². The summed E-state index contributed by atoms with van der Waals surface area (Å²) in [7, 11) is 1.31. The van der Waals surface area contributed by atoms with E-state index in [0.29, 0.717) is 23.1 Å². The Morgan fingerprint density at radius 3 is 2.20 bits per heavy atom. The molecule has 0 heterocycles. The Kier molecular flexibility index (Phi) is 3.39. The Bertz CT molecular complexity index is 575. The van der Waals surface area contributed by atoms with Crippen LogP contribution in [0.3, 0.4) is 0 Å². The number of hydrogen-bond donors (Lipinski definition) is 0. The fourth-order valence-corrected chi connectivity index (χ4v) is 2.71. The molecule has 0 aromatic heterocycles. The molecule has 20 heavy (non-hydrogen) atoms. The number of halogens is 3. The van der Waals surface area contributed by atoms with Crippen molar-refractivity contribution in [3.05, 3.63) is 33.9 Å². The first-order valence-corrected chi connectivity index (χ1v) is 6.54. The van der Waals surface area contributed by atoms with Crippen LogP contribution in [0.1, 0.15) is 49.9 Å². The van der Waals surface area contributed by atoms with Crippen LogP contribution in [0.15, 0.2) is 11.6 Å². The third-order valence-corrected chi connectivity index (χ3v) is 3.57. The summed E-state index contributed by atoms with van der Waals surface area (Å²) in [5.74, 6) is -0.0353. The van der Waals surface area contributed by atoms with Crippen molar-refractivity contribution in [1.29, 1.82) is 0 Å². The normalized spacial score (nSPS) is 15.1. The number of alkyl halides is 3. The van der Waals surface area contributed by atoms with Crippen LogP contribution >= 0.6 is 0 Å². The van der Waals surface area contributed by atoms with Crippen molar-refractivity contribution in [3.63, 3.8) is 0 Å². The van der Waals surface area contributed by atoms with Crippen molar-refractivity contribution >= 4 is 6.08 Å². The zero-order valence-corrected chi connectivity index (χ0v) is 12.4. The first kappa shape index (κ1) is 14.9. The molecule has 0 saturated carbocycles. The lowest BCUT2D eigenvalue weighted by Crippen LogP contribution is -2.19. The summed E-state index contributed by atoms with van der Waals surface area (Å²) >= 11 is 0. The molecule has 1 nitrogen and oxygen atoms in total. The number of benzene rings is 1. The summed E-state index contributed by atoms with van der Waals surface area (Å²) in [6.45, 7) is 7.53. The minimum atomic E-state index is -4.41. The fourth-order valence-electron chi connectivity index (χ4n) is 2.71. The highest BCUT2D eigenvalue weighted by molar-refractivity contribution is 5.70. The molecule has 0 radical (unpaired) electrons. The first-order valence-electron chi connectivity index (χ1n) is 6.54. The molecule has 0 atom stereocenters. The van der Waals surface area contributed by atoms with Crippen LogP contribution in [-0.4, -0.2) is 7.11 Å². The molecule has 0 spiro atoms. The fraction of sp³-hybridized carbons (Fsp3) is 0.500. The highest BCUT2D eigenvalue weighted by atomic mass is 19.4. The van der Waals surface area contributed by atoms with Gasteiger partial charge in [0.2, 0.25) is 0 Å². The Hall–Kier alpha value is -1.45. The summed E-state index contributed by atoms with van der Waals surface area (Å²) in [4.78, 5) is 0. The number of allylic oxidation sites excluding steroid dienone is 1. The zero-order chi connectivity index (χ0) is 15.3. The molecule has 0 fully saturated rings. The molecule has 0 bridgehead atoms. The molecule has 1 aromatic carbocycles. The van der Waals surface area contributed by atoms with E-state index in [9.17, 15) is 13.2 Å². The zero-order valence-electron chi connectivity index (χ0n) is 12.4. The van der Waals surface area contributed by atoms with Gasteiger partial charge in [0.25, 0.3) is 0 Å². The third kappa shape index (κ3) is 2.43. The quantitative estimate of drug-likeness (QED) is 0.707. The van der Waals surface area contributed by atoms with Crippen LogP contribution in [-0.2, 0) is 18.0 Å². The number of methoxy groups -OCH3 is 1. The summed E-state index contributed by atoms with van der Waals surface area (Å²) < 4.78 is 45.6. The molecule has 0 unspecified atom stereocenters. The number of rotatable bonds is 1. The van der Waals surface area contributed by atoms with Gasteiger partial charge >= 0.3 is 6.18 Å². The topological polar surface area (TPSA) is 9.23 Å². The molecule has 4 heteroatoms. The van der Waals surface area contributed by atoms with Gasteiger partial charge in [0.05, 0.1) is 7.11 Å². The second-order valence-corrected chi connectivity index (χ2v) is 6.32. The van der Waals surface area contributed by atoms with E-state index in [0.717, 1.165) is 5.57 Å². The van der Waals surface area contributed by atoms with Crippen molar-refractivity contribution in [2.45, 2.75) is 45.7 Å². The predicted octanol–water partition coefficient (Wildman–Crippen LogP) is 4.97. The van der Waals surface area contributed by atoms with Gasteiger partial charge in [0.15, 0.2) is 0 Å². The summed E-state index contributed by atoms with van der Waals surface area (Å²) in [6.07, 6.45) is -2.24. The average Bonchev–Trinajstić information content (AvgIpc) is 2.63. The van der Waals surface area contributed by atoms with Gasteiger partial charge in [0.1, 0.15) is 11.3 Å². The second-order valence-electron chi connectivity index (χ2n) is 6.32. The van der Waals surface area contributed by atoms with Gasteiger partial charge in [-0.05, 0) is 36.0 Å². The lowest BCUT2D eigenvalue weighted by atomic mass is 9.82. The van der Waals surface area contributed by atoms with Crippen LogP contribution in [0.4, 0.5) is 13.2 Å². The van der Waals surface area contributed by atoms with Crippen molar-refractivity contribution in [3.8, 4) is 5.75 Å². The lowest BCUT2D eigenvalue weighted by Gasteiger charge is -2.27. The van der Waals surface area contributed by atoms with Gasteiger partial charge in [0, 0.05) is 5.56 Å². The number of ether oxygens (including phenoxy) is 1. The number of hydrogen-bond acceptors (Lipinski definition) is 1. The van der Waals surface area contributed by atoms with Gasteiger partial charge in [-0.15, -0.1) is 0 Å². The third-order valence-electron chi connectivity index (χ3n) is 3.57. The minimum absolute atomic E-state index is 0.0353. The van der Waals surface area contributed by atoms with Crippen LogP contribution in [0, 0.1) is 0 Å². The standard InChI is InChI=1S/C16H19F3O/c1-9-6-10-8-12(15(2,3)4)14(20-5)13(11(10)7-9)16(17,18)19/h6,8H,7H2,1-5H3. The highest BCUT2D eigenvalue weighted by Gasteiger charge is 2.41. The van der Waals surface area contributed by atoms with E-state index < -0.39 is 17.2 Å². The molecule has 2 rings (SSSR count). The average molecular weight is 284 g/mol. The highest BCUT2D eigenvalue weighted by Crippen LogP contribution is 2.47. The van der Waals surface area contributed by atoms with Crippen molar-refractivity contribution in [2.24, 2.45) is 0 Å². The van der Waals surface area contributed by atoms with E-state index in [4.69, 9.17) is 4.74 Å². The first-order chi connectivity index (χ1) is 9.05. The van der Waals surface area contributed by atoms with E-state index in [-0.39, 0.29) is 5.75 Å². The molecule has 0 aliphatic heterocycles. The molecule has 110 valence electrons. The van der Waals surface area contributed by atoms with Crippen LogP contribution in [0.2, 0.25) is 0 Å². The molecule has 1 aromatic rings. The van der Waals surface area contributed by atoms with Crippen LogP contribution in [0.5, 0.6) is 5.75 Å². The van der Waals surface area contributed by atoms with Gasteiger partial charge in [-0.2, -0.15) is 13.2 Å². The largest absolute Gasteiger partial charge is 0.496 e. The Morgan fingerprint density at radius 1 is 1.15 bits per heavy atom. The lowest BCUT2D eigenvalue weighted by molar-refractivity contribution is -0.139. The van der Waals surface area contributed by atoms with E-state index in [1.807, 2.05) is 39.8 Å². The molecule has 0 N–H and O–H groups in total. The molecule has 1 aliphatic rings. The molecule has 0 saturated heterocycles. The van der Waals surface area contributed by atoms with E-state index in [2.05, 4.69) is 0 Å². The maximum Gasteiger partial charge on any atom is 0.420 e. The molecular weight excluding hydrogens is 265 g/mol. The van der Waals surface area contributed by atoms with Gasteiger partial charge < -0.3 is 4.74 Å². The molecular formula is C16H19F3O. The second kappa shape index (κ2) is 4.54. The summed E-state index contributed by atoms with van der Waals surface area (Å²) in [6, 6.07) is 1.83. The number of fused-ring (bicyclic) bond motifs is 1. The molecule has 0 amide bonds.